The summed E-state index contributed by atoms with van der Waals surface area (Å²) >= 11 is 0. The van der Waals surface area contributed by atoms with E-state index in [1.54, 1.807) is 31.2 Å². The fourth-order valence-corrected chi connectivity index (χ4v) is 3.79. The fraction of sp³-hybridized carbons (Fsp3) is 0.280. The molecule has 3 aromatic rings. The van der Waals surface area contributed by atoms with E-state index in [1.807, 2.05) is 42.5 Å². The summed E-state index contributed by atoms with van der Waals surface area (Å²) in [5.41, 5.74) is 1.83. The molecule has 0 aromatic heterocycles. The van der Waals surface area contributed by atoms with E-state index in [-0.39, 0.29) is 36.8 Å². The molecule has 31 heavy (non-hydrogen) atoms. The van der Waals surface area contributed by atoms with E-state index in [4.69, 9.17) is 9.47 Å². The van der Waals surface area contributed by atoms with Crippen molar-refractivity contribution in [3.8, 4) is 5.75 Å². The third kappa shape index (κ3) is 4.93. The topological polar surface area (TPSA) is 84.9 Å². The van der Waals surface area contributed by atoms with Crippen molar-refractivity contribution in [1.29, 1.82) is 0 Å². The maximum absolute atomic E-state index is 13.1. The van der Waals surface area contributed by atoms with Crippen LogP contribution in [0.5, 0.6) is 5.75 Å². The van der Waals surface area contributed by atoms with Crippen molar-refractivity contribution < 1.29 is 24.2 Å². The van der Waals surface area contributed by atoms with Crippen LogP contribution >= 0.6 is 0 Å². The molecule has 0 spiro atoms. The van der Waals surface area contributed by atoms with Crippen molar-refractivity contribution >= 4 is 22.5 Å². The Kier molecular flexibility index (Phi) is 6.30. The molecule has 4 rings (SSSR count). The van der Waals surface area contributed by atoms with Gasteiger partial charge in [0.2, 0.25) is 5.91 Å². The second-order valence-electron chi connectivity index (χ2n) is 7.78. The summed E-state index contributed by atoms with van der Waals surface area (Å²) in [4.78, 5) is 25.1. The molecule has 1 saturated heterocycles. The van der Waals surface area contributed by atoms with Gasteiger partial charge in [0.1, 0.15) is 24.5 Å². The van der Waals surface area contributed by atoms with E-state index in [0.717, 1.165) is 21.9 Å². The first-order chi connectivity index (χ1) is 15.0. The zero-order chi connectivity index (χ0) is 21.8. The molecule has 1 aliphatic heterocycles. The van der Waals surface area contributed by atoms with Gasteiger partial charge in [-0.1, -0.05) is 54.6 Å². The van der Waals surface area contributed by atoms with Gasteiger partial charge in [0.05, 0.1) is 12.7 Å². The molecule has 1 heterocycles. The van der Waals surface area contributed by atoms with Gasteiger partial charge in [-0.25, -0.2) is 0 Å². The number of fused-ring (bicyclic) bond motifs is 1. The number of aromatic hydroxyl groups is 1. The molecule has 1 fully saturated rings. The van der Waals surface area contributed by atoms with Crippen molar-refractivity contribution in [1.82, 2.24) is 5.32 Å². The highest BCUT2D eigenvalue weighted by Gasteiger charge is 2.35. The van der Waals surface area contributed by atoms with E-state index < -0.39 is 12.1 Å². The first-order valence-electron chi connectivity index (χ1n) is 10.3. The number of carbonyl (C=O) groups excluding carboxylic acids is 2. The number of carbonyl (C=O) groups is 2. The third-order valence-corrected chi connectivity index (χ3v) is 5.57. The lowest BCUT2D eigenvalue weighted by atomic mass is 10.0. The average molecular weight is 419 g/mol. The van der Waals surface area contributed by atoms with Gasteiger partial charge in [-0.05, 0) is 41.0 Å². The van der Waals surface area contributed by atoms with Crippen LogP contribution in [0.15, 0.2) is 66.7 Å². The number of phenols is 1. The molecule has 0 bridgehead atoms. The van der Waals surface area contributed by atoms with Crippen LogP contribution in [0.2, 0.25) is 0 Å². The second-order valence-corrected chi connectivity index (χ2v) is 7.78. The zero-order valence-corrected chi connectivity index (χ0v) is 17.3. The Balaban J connectivity index is 1.53. The molecule has 6 heteroatoms. The van der Waals surface area contributed by atoms with Crippen LogP contribution in [-0.2, 0) is 32.1 Å². The second kappa shape index (κ2) is 9.29. The van der Waals surface area contributed by atoms with Crippen molar-refractivity contribution in [2.45, 2.75) is 38.2 Å². The van der Waals surface area contributed by atoms with E-state index in [9.17, 15) is 14.7 Å². The van der Waals surface area contributed by atoms with Gasteiger partial charge in [-0.2, -0.15) is 0 Å². The van der Waals surface area contributed by atoms with E-state index in [2.05, 4.69) is 5.32 Å². The molecule has 0 aliphatic carbocycles. The molecule has 2 N–H and O–H groups in total. The van der Waals surface area contributed by atoms with Gasteiger partial charge in [0.25, 0.3) is 0 Å². The number of ether oxygens (including phenoxy) is 2. The number of phenolic OH excluding ortho intramolecular Hbond substituents is 1. The smallest absolute Gasteiger partial charge is 0.250 e. The third-order valence-electron chi connectivity index (χ3n) is 5.57. The molecule has 6 nitrogen and oxygen atoms in total. The van der Waals surface area contributed by atoms with Crippen LogP contribution in [0.3, 0.4) is 0 Å². The van der Waals surface area contributed by atoms with Crippen LogP contribution in [0.25, 0.3) is 10.8 Å². The Morgan fingerprint density at radius 1 is 1.13 bits per heavy atom. The average Bonchev–Trinajstić information content (AvgIpc) is 3.10. The number of amides is 1. The number of benzene rings is 3. The molecule has 3 unspecified atom stereocenters. The van der Waals surface area contributed by atoms with Crippen LogP contribution < -0.4 is 5.32 Å². The zero-order valence-electron chi connectivity index (χ0n) is 17.3. The van der Waals surface area contributed by atoms with Gasteiger partial charge in [-0.3, -0.25) is 9.59 Å². The predicted molar refractivity (Wildman–Crippen MR) is 117 cm³/mol. The lowest BCUT2D eigenvalue weighted by Crippen LogP contribution is -2.49. The highest BCUT2D eigenvalue weighted by molar-refractivity contribution is 5.93. The van der Waals surface area contributed by atoms with Crippen LogP contribution in [-0.4, -0.2) is 41.7 Å². The SMILES string of the molecule is CC1OCC(=O)C1NC(=O)C(Cc1ccc(O)cc1)OCc1cccc2ccccc12. The predicted octanol–water partition coefficient (Wildman–Crippen LogP) is 3.15. The Labute approximate surface area is 180 Å². The lowest BCUT2D eigenvalue weighted by molar-refractivity contribution is -0.136. The minimum atomic E-state index is -0.802. The maximum atomic E-state index is 13.1. The lowest BCUT2D eigenvalue weighted by Gasteiger charge is -2.22. The standard InChI is InChI=1S/C25H25NO5/c1-16-24(22(28)15-30-16)26-25(29)23(13-17-9-11-20(27)12-10-17)31-14-19-7-4-6-18-5-2-3-8-21(18)19/h2-12,16,23-24,27H,13-15H2,1H3,(H,26,29). The molecule has 0 saturated carbocycles. The molecule has 1 aliphatic rings. The summed E-state index contributed by atoms with van der Waals surface area (Å²) in [6.45, 7) is 2.02. The van der Waals surface area contributed by atoms with E-state index in [1.165, 1.54) is 0 Å². The molecule has 3 aromatic carbocycles. The normalized spacial score (nSPS) is 19.5. The minimum Gasteiger partial charge on any atom is -0.508 e. The van der Waals surface area contributed by atoms with Gasteiger partial charge in [0, 0.05) is 6.42 Å². The Hall–Kier alpha value is -3.22. The van der Waals surface area contributed by atoms with Crippen molar-refractivity contribution in [3.05, 3.63) is 77.9 Å². The molecular formula is C25H25NO5. The molecule has 160 valence electrons. The first kappa shape index (κ1) is 21.0. The van der Waals surface area contributed by atoms with Gasteiger partial charge in [-0.15, -0.1) is 0 Å². The first-order valence-corrected chi connectivity index (χ1v) is 10.3. The Morgan fingerprint density at radius 2 is 1.87 bits per heavy atom. The largest absolute Gasteiger partial charge is 0.508 e. The summed E-state index contributed by atoms with van der Waals surface area (Å²) < 4.78 is 11.4. The van der Waals surface area contributed by atoms with Gasteiger partial charge < -0.3 is 19.9 Å². The van der Waals surface area contributed by atoms with Crippen molar-refractivity contribution in [2.75, 3.05) is 6.61 Å². The van der Waals surface area contributed by atoms with Crippen LogP contribution in [0.4, 0.5) is 0 Å². The van der Waals surface area contributed by atoms with Crippen LogP contribution in [0.1, 0.15) is 18.1 Å². The Bertz CT molecular complexity index is 1070. The molecule has 1 amide bonds. The summed E-state index contributed by atoms with van der Waals surface area (Å²) in [6, 6.07) is 20.0. The number of hydrogen-bond acceptors (Lipinski definition) is 5. The van der Waals surface area contributed by atoms with E-state index in [0.29, 0.717) is 6.42 Å². The number of ketones is 1. The summed E-state index contributed by atoms with van der Waals surface area (Å²) in [5, 5.41) is 14.5. The van der Waals surface area contributed by atoms with Crippen molar-refractivity contribution in [2.24, 2.45) is 0 Å². The highest BCUT2D eigenvalue weighted by atomic mass is 16.5. The quantitative estimate of drug-likeness (QED) is 0.615. The Morgan fingerprint density at radius 3 is 2.61 bits per heavy atom. The minimum absolute atomic E-state index is 0.00556. The molecular weight excluding hydrogens is 394 g/mol. The van der Waals surface area contributed by atoms with E-state index >= 15 is 0 Å². The summed E-state index contributed by atoms with van der Waals surface area (Å²) in [6.07, 6.45) is -0.861. The number of rotatable bonds is 7. The number of nitrogens with one attached hydrogen (secondary N) is 1. The summed E-state index contributed by atoms with van der Waals surface area (Å²) in [5.74, 6) is -0.341. The van der Waals surface area contributed by atoms with Crippen molar-refractivity contribution in [3.63, 3.8) is 0 Å². The van der Waals surface area contributed by atoms with Gasteiger partial charge in [0.15, 0.2) is 5.78 Å². The molecule has 0 radical (unpaired) electrons. The highest BCUT2D eigenvalue weighted by Crippen LogP contribution is 2.21. The molecule has 3 atom stereocenters. The number of hydrogen-bond donors (Lipinski definition) is 2. The number of Topliss-reactive ketones (excluding diaryl/α,β-unsaturated/α-hetero) is 1. The monoisotopic (exact) mass is 419 g/mol. The van der Waals surface area contributed by atoms with Crippen LogP contribution in [0, 0.1) is 0 Å². The maximum Gasteiger partial charge on any atom is 0.250 e. The van der Waals surface area contributed by atoms with Gasteiger partial charge >= 0.3 is 0 Å². The fourth-order valence-electron chi connectivity index (χ4n) is 3.79. The summed E-state index contributed by atoms with van der Waals surface area (Å²) in [7, 11) is 0.